The van der Waals surface area contributed by atoms with E-state index in [1.165, 1.54) is 7.11 Å². The molecule has 72 valence electrons. The Balaban J connectivity index is 2.89. The van der Waals surface area contributed by atoms with E-state index in [2.05, 4.69) is 17.4 Å². The number of carbonyl (C=O) groups is 1. The van der Waals surface area contributed by atoms with Gasteiger partial charge in [0.05, 0.1) is 7.11 Å². The molecule has 0 aliphatic heterocycles. The number of nitrogens with zero attached hydrogens (tertiary/aromatic N) is 1. The number of hydrogen-bond acceptors (Lipinski definition) is 3. The highest BCUT2D eigenvalue weighted by atomic mass is 32.1. The zero-order valence-corrected chi connectivity index (χ0v) is 8.67. The van der Waals surface area contributed by atoms with Crippen LogP contribution in [0, 0.1) is 0 Å². The zero-order valence-electron chi connectivity index (χ0n) is 7.78. The van der Waals surface area contributed by atoms with Gasteiger partial charge in [-0.15, -0.1) is 0 Å². The fourth-order valence-electron chi connectivity index (χ4n) is 1.21. The number of hydrogen-bond donors (Lipinski definition) is 1. The summed E-state index contributed by atoms with van der Waals surface area (Å²) in [7, 11) is 3.21. The first-order chi connectivity index (χ1) is 6.19. The zero-order chi connectivity index (χ0) is 9.84. The lowest BCUT2D eigenvalue weighted by atomic mass is 10.2. The van der Waals surface area contributed by atoms with E-state index in [0.29, 0.717) is 5.69 Å². The van der Waals surface area contributed by atoms with E-state index < -0.39 is 0 Å². The normalized spacial score (nSPS) is 10.1. The van der Waals surface area contributed by atoms with Crippen molar-refractivity contribution in [2.45, 2.75) is 6.42 Å². The maximum absolute atomic E-state index is 11.2. The second kappa shape index (κ2) is 4.37. The molecule has 0 saturated heterocycles. The summed E-state index contributed by atoms with van der Waals surface area (Å²) in [6.07, 6.45) is 2.79. The summed E-state index contributed by atoms with van der Waals surface area (Å²) in [5.74, 6) is 0.484. The SMILES string of the molecule is COC(=O)c1cc(CCS)cn1C. The molecular formula is C9H13NO2S. The summed E-state index contributed by atoms with van der Waals surface area (Å²) in [4.78, 5) is 11.2. The molecule has 3 nitrogen and oxygen atoms in total. The van der Waals surface area contributed by atoms with Crippen LogP contribution in [0.5, 0.6) is 0 Å². The highest BCUT2D eigenvalue weighted by Crippen LogP contribution is 2.09. The van der Waals surface area contributed by atoms with E-state index in [1.807, 2.05) is 19.3 Å². The molecule has 0 unspecified atom stereocenters. The van der Waals surface area contributed by atoms with Crippen molar-refractivity contribution in [3.63, 3.8) is 0 Å². The van der Waals surface area contributed by atoms with Crippen molar-refractivity contribution in [1.29, 1.82) is 0 Å². The Morgan fingerprint density at radius 1 is 1.69 bits per heavy atom. The van der Waals surface area contributed by atoms with Crippen molar-refractivity contribution in [2.24, 2.45) is 7.05 Å². The van der Waals surface area contributed by atoms with Crippen LogP contribution in [0.25, 0.3) is 0 Å². The van der Waals surface area contributed by atoms with Crippen molar-refractivity contribution in [2.75, 3.05) is 12.9 Å². The van der Waals surface area contributed by atoms with Crippen LogP contribution >= 0.6 is 12.6 Å². The Labute approximate surface area is 83.1 Å². The van der Waals surface area contributed by atoms with Crippen molar-refractivity contribution < 1.29 is 9.53 Å². The second-order valence-corrected chi connectivity index (χ2v) is 3.26. The highest BCUT2D eigenvalue weighted by molar-refractivity contribution is 7.80. The summed E-state index contributed by atoms with van der Waals surface area (Å²) in [6.45, 7) is 0. The third-order valence-electron chi connectivity index (χ3n) is 1.86. The number of aromatic nitrogens is 1. The molecule has 1 aromatic heterocycles. The van der Waals surface area contributed by atoms with Gasteiger partial charge in [-0.25, -0.2) is 4.79 Å². The molecule has 0 bridgehead atoms. The summed E-state index contributed by atoms with van der Waals surface area (Å²) >= 11 is 4.12. The van der Waals surface area contributed by atoms with Crippen LogP contribution < -0.4 is 0 Å². The van der Waals surface area contributed by atoms with Gasteiger partial charge in [-0.05, 0) is 23.8 Å². The number of thiol groups is 1. The van der Waals surface area contributed by atoms with Gasteiger partial charge in [-0.3, -0.25) is 0 Å². The van der Waals surface area contributed by atoms with Gasteiger partial charge in [-0.2, -0.15) is 12.6 Å². The van der Waals surface area contributed by atoms with Crippen LogP contribution in [0.2, 0.25) is 0 Å². The van der Waals surface area contributed by atoms with Crippen molar-refractivity contribution in [3.05, 3.63) is 23.5 Å². The minimum absolute atomic E-state index is 0.298. The van der Waals surface area contributed by atoms with E-state index in [4.69, 9.17) is 0 Å². The van der Waals surface area contributed by atoms with Gasteiger partial charge in [0, 0.05) is 13.2 Å². The number of ether oxygens (including phenoxy) is 1. The van der Waals surface area contributed by atoms with E-state index in [9.17, 15) is 4.79 Å². The Bertz CT molecular complexity index is 307. The van der Waals surface area contributed by atoms with Gasteiger partial charge in [0.15, 0.2) is 0 Å². The van der Waals surface area contributed by atoms with Gasteiger partial charge in [-0.1, -0.05) is 0 Å². The molecule has 0 aliphatic carbocycles. The van der Waals surface area contributed by atoms with Crippen molar-refractivity contribution >= 4 is 18.6 Å². The number of aryl methyl sites for hydroxylation is 2. The lowest BCUT2D eigenvalue weighted by molar-refractivity contribution is 0.0590. The number of methoxy groups -OCH3 is 1. The lowest BCUT2D eigenvalue weighted by Crippen LogP contribution is -2.06. The van der Waals surface area contributed by atoms with Gasteiger partial charge in [0.2, 0.25) is 0 Å². The molecule has 0 amide bonds. The summed E-state index contributed by atoms with van der Waals surface area (Å²) in [6, 6.07) is 1.84. The maximum Gasteiger partial charge on any atom is 0.354 e. The molecule has 0 aliphatic rings. The van der Waals surface area contributed by atoms with Gasteiger partial charge >= 0.3 is 5.97 Å². The number of rotatable bonds is 3. The molecule has 0 fully saturated rings. The first kappa shape index (κ1) is 10.2. The number of esters is 1. The lowest BCUT2D eigenvalue weighted by Gasteiger charge is -1.98. The largest absolute Gasteiger partial charge is 0.464 e. The van der Waals surface area contributed by atoms with Crippen LogP contribution in [0.15, 0.2) is 12.3 Å². The van der Waals surface area contributed by atoms with Gasteiger partial charge < -0.3 is 9.30 Å². The topological polar surface area (TPSA) is 31.2 Å². The van der Waals surface area contributed by atoms with Crippen molar-refractivity contribution in [1.82, 2.24) is 4.57 Å². The molecule has 1 heterocycles. The quantitative estimate of drug-likeness (QED) is 0.587. The van der Waals surface area contributed by atoms with Gasteiger partial charge in [0.1, 0.15) is 5.69 Å². The standard InChI is InChI=1S/C9H13NO2S/c1-10-6-7(3-4-13)5-8(10)9(11)12-2/h5-6,13H,3-4H2,1-2H3. The van der Waals surface area contributed by atoms with Crippen LogP contribution in [0.1, 0.15) is 16.1 Å². The molecular weight excluding hydrogens is 186 g/mol. The third kappa shape index (κ3) is 2.28. The van der Waals surface area contributed by atoms with Crippen LogP contribution in [-0.4, -0.2) is 23.4 Å². The third-order valence-corrected chi connectivity index (χ3v) is 2.08. The fourth-order valence-corrected chi connectivity index (χ4v) is 1.46. The average Bonchev–Trinajstić information content (AvgIpc) is 2.46. The van der Waals surface area contributed by atoms with Crippen LogP contribution in [-0.2, 0) is 18.2 Å². The molecule has 0 radical (unpaired) electrons. The first-order valence-electron chi connectivity index (χ1n) is 4.03. The van der Waals surface area contributed by atoms with E-state index in [-0.39, 0.29) is 5.97 Å². The molecule has 0 spiro atoms. The minimum atomic E-state index is -0.298. The highest BCUT2D eigenvalue weighted by Gasteiger charge is 2.10. The van der Waals surface area contributed by atoms with E-state index >= 15 is 0 Å². The molecule has 4 heteroatoms. The number of carbonyl (C=O) groups excluding carboxylic acids is 1. The molecule has 0 N–H and O–H groups in total. The Morgan fingerprint density at radius 2 is 2.38 bits per heavy atom. The predicted octanol–water partition coefficient (Wildman–Crippen LogP) is 1.28. The van der Waals surface area contributed by atoms with E-state index in [1.54, 1.807) is 4.57 Å². The molecule has 0 saturated carbocycles. The summed E-state index contributed by atoms with van der Waals surface area (Å²) in [5.41, 5.74) is 1.69. The fraction of sp³-hybridized carbons (Fsp3) is 0.444. The van der Waals surface area contributed by atoms with E-state index in [0.717, 1.165) is 17.7 Å². The van der Waals surface area contributed by atoms with Gasteiger partial charge in [0.25, 0.3) is 0 Å². The molecule has 1 aromatic rings. The average molecular weight is 199 g/mol. The minimum Gasteiger partial charge on any atom is -0.464 e. The molecule has 0 atom stereocenters. The van der Waals surface area contributed by atoms with Crippen LogP contribution in [0.4, 0.5) is 0 Å². The Kier molecular flexibility index (Phi) is 3.42. The monoisotopic (exact) mass is 199 g/mol. The summed E-state index contributed by atoms with van der Waals surface area (Å²) < 4.78 is 6.40. The van der Waals surface area contributed by atoms with Crippen molar-refractivity contribution in [3.8, 4) is 0 Å². The second-order valence-electron chi connectivity index (χ2n) is 2.81. The Morgan fingerprint density at radius 3 is 2.92 bits per heavy atom. The summed E-state index contributed by atoms with van der Waals surface area (Å²) in [5, 5.41) is 0. The molecule has 13 heavy (non-hydrogen) atoms. The Hall–Kier alpha value is -0.900. The maximum atomic E-state index is 11.2. The molecule has 0 aromatic carbocycles. The molecule has 1 rings (SSSR count). The first-order valence-corrected chi connectivity index (χ1v) is 4.66. The predicted molar refractivity (Wildman–Crippen MR) is 54.3 cm³/mol. The van der Waals surface area contributed by atoms with Crippen LogP contribution in [0.3, 0.4) is 0 Å². The smallest absolute Gasteiger partial charge is 0.354 e.